The number of piperidine rings is 1. The minimum atomic E-state index is -0.0180. The lowest BCUT2D eigenvalue weighted by atomic mass is 9.99. The maximum atomic E-state index is 9.53. The Morgan fingerprint density at radius 2 is 2.30 bits per heavy atom. The zero-order valence-corrected chi connectivity index (χ0v) is 17.3. The number of nitrogens with zero attached hydrogens (tertiary/aromatic N) is 1. The fourth-order valence-corrected chi connectivity index (χ4v) is 4.74. The van der Waals surface area contributed by atoms with E-state index in [1.807, 2.05) is 38.1 Å². The first-order valence-electron chi connectivity index (χ1n) is 9.12. The molecular weight excluding hydrogens is 380 g/mol. The Labute approximate surface area is 169 Å². The van der Waals surface area contributed by atoms with Gasteiger partial charge in [-0.2, -0.15) is 0 Å². The van der Waals surface area contributed by atoms with Crippen LogP contribution in [0.25, 0.3) is 5.57 Å². The molecule has 2 heterocycles. The Kier molecular flexibility index (Phi) is 6.71. The lowest BCUT2D eigenvalue weighted by Crippen LogP contribution is -2.37. The molecule has 1 fully saturated rings. The summed E-state index contributed by atoms with van der Waals surface area (Å²) in [5.74, 6) is 0.857. The van der Waals surface area contributed by atoms with Gasteiger partial charge < -0.3 is 15.2 Å². The fraction of sp³-hybridized carbons (Fsp3) is 0.381. The number of rotatable bonds is 6. The van der Waals surface area contributed by atoms with Crippen molar-refractivity contribution in [1.82, 2.24) is 5.32 Å². The predicted octanol–water partition coefficient (Wildman–Crippen LogP) is 5.12. The summed E-state index contributed by atoms with van der Waals surface area (Å²) in [4.78, 5) is 5.96. The topological polar surface area (TPSA) is 53.9 Å². The van der Waals surface area contributed by atoms with E-state index in [2.05, 4.69) is 17.0 Å². The lowest BCUT2D eigenvalue weighted by molar-refractivity contribution is 0.165. The van der Waals surface area contributed by atoms with Gasteiger partial charge in [0.2, 0.25) is 0 Å². The number of benzene rings is 1. The van der Waals surface area contributed by atoms with Crippen LogP contribution in [0.1, 0.15) is 40.6 Å². The third kappa shape index (κ3) is 4.43. The van der Waals surface area contributed by atoms with Gasteiger partial charge >= 0.3 is 0 Å². The van der Waals surface area contributed by atoms with E-state index in [-0.39, 0.29) is 12.7 Å². The Hall–Kier alpha value is -1.66. The zero-order chi connectivity index (χ0) is 19.4. The SMILES string of the molecule is C=Nc1cc(CO)sc1/C(=C\C)c1cc(Cl)cc(C)c1OC1CCCNC1. The fourth-order valence-electron chi connectivity index (χ4n) is 3.40. The van der Waals surface area contributed by atoms with Gasteiger partial charge in [-0.3, -0.25) is 4.99 Å². The standard InChI is InChI=1S/C21H25ClN2O2S/c1-4-17(21-19(23-3)10-16(12-25)27-21)18-9-14(22)8-13(2)20(18)26-15-6-5-7-24-11-15/h4,8-10,15,24-25H,3,5-7,11-12H2,1-2H3/b17-4-. The molecule has 0 bridgehead atoms. The van der Waals surface area contributed by atoms with Crippen LogP contribution in [-0.4, -0.2) is 31.0 Å². The normalized spacial score (nSPS) is 17.8. The number of allylic oxidation sites excluding steroid dienone is 1. The average Bonchev–Trinajstić information content (AvgIpc) is 3.09. The van der Waals surface area contributed by atoms with Crippen molar-refractivity contribution in [3.8, 4) is 5.75 Å². The van der Waals surface area contributed by atoms with E-state index >= 15 is 0 Å². The smallest absolute Gasteiger partial charge is 0.130 e. The Morgan fingerprint density at radius 1 is 1.48 bits per heavy atom. The molecule has 2 aromatic rings. The second-order valence-corrected chi connectivity index (χ2v) is 8.20. The van der Waals surface area contributed by atoms with Crippen LogP contribution in [0.3, 0.4) is 0 Å². The molecule has 27 heavy (non-hydrogen) atoms. The molecule has 1 atom stereocenters. The van der Waals surface area contributed by atoms with Crippen molar-refractivity contribution in [3.05, 3.63) is 50.2 Å². The second kappa shape index (κ2) is 9.02. The quantitative estimate of drug-likeness (QED) is 0.657. The number of hydrogen-bond acceptors (Lipinski definition) is 5. The van der Waals surface area contributed by atoms with Gasteiger partial charge in [-0.15, -0.1) is 11.3 Å². The van der Waals surface area contributed by atoms with Crippen molar-refractivity contribution in [3.63, 3.8) is 0 Å². The highest BCUT2D eigenvalue weighted by atomic mass is 35.5. The summed E-state index contributed by atoms with van der Waals surface area (Å²) in [6.45, 7) is 9.56. The first-order valence-corrected chi connectivity index (χ1v) is 10.3. The molecule has 0 amide bonds. The number of nitrogens with one attached hydrogen (secondary N) is 1. The molecule has 1 saturated heterocycles. The van der Waals surface area contributed by atoms with Crippen LogP contribution < -0.4 is 10.1 Å². The molecule has 0 aliphatic carbocycles. The van der Waals surface area contributed by atoms with Gasteiger partial charge in [0, 0.05) is 27.6 Å². The number of aliphatic hydroxyl groups excluding tert-OH is 1. The first kappa shape index (κ1) is 20.1. The molecule has 0 spiro atoms. The van der Waals surface area contributed by atoms with E-state index in [4.69, 9.17) is 16.3 Å². The monoisotopic (exact) mass is 404 g/mol. The van der Waals surface area contributed by atoms with Crippen molar-refractivity contribution >= 4 is 40.9 Å². The summed E-state index contributed by atoms with van der Waals surface area (Å²) in [6.07, 6.45) is 4.33. The molecule has 144 valence electrons. The summed E-state index contributed by atoms with van der Waals surface area (Å²) in [5.41, 5.74) is 3.71. The minimum absolute atomic E-state index is 0.0180. The van der Waals surface area contributed by atoms with E-state index in [1.165, 1.54) is 11.3 Å². The molecule has 1 aliphatic rings. The molecule has 0 radical (unpaired) electrons. The highest BCUT2D eigenvalue weighted by molar-refractivity contribution is 7.13. The van der Waals surface area contributed by atoms with Crippen LogP contribution in [0.2, 0.25) is 5.02 Å². The number of thiophene rings is 1. The molecular formula is C21H25ClN2O2S. The van der Waals surface area contributed by atoms with Crippen molar-refractivity contribution in [2.24, 2.45) is 4.99 Å². The van der Waals surface area contributed by atoms with Crippen LogP contribution >= 0.6 is 22.9 Å². The van der Waals surface area contributed by atoms with Crippen LogP contribution in [0.15, 0.2) is 29.3 Å². The first-order chi connectivity index (χ1) is 13.1. The van der Waals surface area contributed by atoms with E-state index in [0.717, 1.165) is 63.8 Å². The number of aliphatic imine (C=N–C) groups is 1. The van der Waals surface area contributed by atoms with Crippen molar-refractivity contribution in [1.29, 1.82) is 0 Å². The van der Waals surface area contributed by atoms with Crippen molar-refractivity contribution in [2.75, 3.05) is 13.1 Å². The van der Waals surface area contributed by atoms with E-state index in [9.17, 15) is 5.11 Å². The number of ether oxygens (including phenoxy) is 1. The Morgan fingerprint density at radius 3 is 2.93 bits per heavy atom. The third-order valence-electron chi connectivity index (χ3n) is 4.69. The van der Waals surface area contributed by atoms with Crippen LogP contribution in [-0.2, 0) is 6.61 Å². The highest BCUT2D eigenvalue weighted by Crippen LogP contribution is 2.43. The Balaban J connectivity index is 2.08. The molecule has 6 heteroatoms. The van der Waals surface area contributed by atoms with Crippen molar-refractivity contribution < 1.29 is 9.84 Å². The van der Waals surface area contributed by atoms with E-state index in [0.29, 0.717) is 5.02 Å². The van der Waals surface area contributed by atoms with Gasteiger partial charge in [-0.1, -0.05) is 17.7 Å². The molecule has 0 saturated carbocycles. The van der Waals surface area contributed by atoms with Crippen LogP contribution in [0, 0.1) is 6.92 Å². The van der Waals surface area contributed by atoms with Gasteiger partial charge in [0.1, 0.15) is 11.9 Å². The summed E-state index contributed by atoms with van der Waals surface area (Å²) in [7, 11) is 0. The predicted molar refractivity (Wildman–Crippen MR) is 115 cm³/mol. The van der Waals surface area contributed by atoms with E-state index in [1.54, 1.807) is 0 Å². The number of aryl methyl sites for hydroxylation is 1. The molecule has 4 nitrogen and oxygen atoms in total. The van der Waals surface area contributed by atoms with E-state index < -0.39 is 0 Å². The van der Waals surface area contributed by atoms with Gasteiger partial charge in [-0.05, 0) is 63.7 Å². The van der Waals surface area contributed by atoms with Crippen molar-refractivity contribution in [2.45, 2.75) is 39.4 Å². The van der Waals surface area contributed by atoms with Crippen LogP contribution in [0.5, 0.6) is 5.75 Å². The minimum Gasteiger partial charge on any atom is -0.488 e. The summed E-state index contributed by atoms with van der Waals surface area (Å²) in [5, 5.41) is 13.6. The van der Waals surface area contributed by atoms with Gasteiger partial charge in [0.15, 0.2) is 0 Å². The van der Waals surface area contributed by atoms with Gasteiger partial charge in [-0.25, -0.2) is 0 Å². The van der Waals surface area contributed by atoms with Gasteiger partial charge in [0.25, 0.3) is 0 Å². The molecule has 1 unspecified atom stereocenters. The lowest BCUT2D eigenvalue weighted by Gasteiger charge is -2.26. The molecule has 1 aromatic heterocycles. The summed E-state index contributed by atoms with van der Waals surface area (Å²) >= 11 is 7.91. The average molecular weight is 405 g/mol. The summed E-state index contributed by atoms with van der Waals surface area (Å²) in [6, 6.07) is 5.75. The Bertz CT molecular complexity index is 854. The summed E-state index contributed by atoms with van der Waals surface area (Å²) < 4.78 is 6.43. The molecule has 1 aliphatic heterocycles. The number of aliphatic hydroxyl groups is 1. The number of halogens is 1. The van der Waals surface area contributed by atoms with Crippen LogP contribution in [0.4, 0.5) is 5.69 Å². The molecule has 1 aromatic carbocycles. The molecule has 3 rings (SSSR count). The molecule has 2 N–H and O–H groups in total. The third-order valence-corrected chi connectivity index (χ3v) is 6.05. The maximum absolute atomic E-state index is 9.53. The number of hydrogen-bond donors (Lipinski definition) is 2. The van der Waals surface area contributed by atoms with Gasteiger partial charge in [0.05, 0.1) is 17.2 Å². The largest absolute Gasteiger partial charge is 0.488 e. The second-order valence-electron chi connectivity index (χ2n) is 6.63. The maximum Gasteiger partial charge on any atom is 0.130 e. The highest BCUT2D eigenvalue weighted by Gasteiger charge is 2.22. The zero-order valence-electron chi connectivity index (χ0n) is 15.7.